The van der Waals surface area contributed by atoms with Crippen molar-refractivity contribution in [2.45, 2.75) is 19.0 Å². The summed E-state index contributed by atoms with van der Waals surface area (Å²) in [5, 5.41) is 6.79. The quantitative estimate of drug-likeness (QED) is 0.307. The van der Waals surface area contributed by atoms with E-state index in [4.69, 9.17) is 9.47 Å². The van der Waals surface area contributed by atoms with Gasteiger partial charge in [-0.25, -0.2) is 0 Å². The molecule has 0 radical (unpaired) electrons. The summed E-state index contributed by atoms with van der Waals surface area (Å²) in [4.78, 5) is 6.58. The highest BCUT2D eigenvalue weighted by molar-refractivity contribution is 14.0. The summed E-state index contributed by atoms with van der Waals surface area (Å²) in [7, 11) is 9.28. The van der Waals surface area contributed by atoms with Gasteiger partial charge in [-0.05, 0) is 43.8 Å². The lowest BCUT2D eigenvalue weighted by atomic mass is 10.1. The first-order chi connectivity index (χ1) is 13.6. The van der Waals surface area contributed by atoms with E-state index in [0.29, 0.717) is 12.6 Å². The number of methoxy groups -OCH3 is 2. The summed E-state index contributed by atoms with van der Waals surface area (Å²) in [5.74, 6) is 2.22. The summed E-state index contributed by atoms with van der Waals surface area (Å²) in [6.45, 7) is 1.44. The normalized spacial score (nSPS) is 12.1. The molecule has 0 aliphatic carbocycles. The number of hydrogen-bond donors (Lipinski definition) is 2. The average molecular weight is 512 g/mol. The number of nitrogens with zero attached hydrogens (tertiary/aromatic N) is 2. The number of guanidine groups is 1. The standard InChI is InChI=1S/C22H32N4O2.HI/c1-23-22(24-15-18-11-12-20(27-4)21(14-18)28-5)25-16-19(26(2)3)13-17-9-7-6-8-10-17;/h6-12,14,19H,13,15-16H2,1-5H3,(H2,23,24,25);1H. The second-order valence-electron chi connectivity index (χ2n) is 6.80. The summed E-state index contributed by atoms with van der Waals surface area (Å²) in [6.07, 6.45) is 0.980. The molecule has 160 valence electrons. The molecule has 0 bridgehead atoms. The van der Waals surface area contributed by atoms with E-state index in [1.165, 1.54) is 5.56 Å². The largest absolute Gasteiger partial charge is 0.493 e. The number of halogens is 1. The Hall–Kier alpha value is -2.00. The zero-order valence-electron chi connectivity index (χ0n) is 17.9. The minimum atomic E-state index is 0. The highest BCUT2D eigenvalue weighted by Gasteiger charge is 2.13. The zero-order chi connectivity index (χ0) is 20.4. The Morgan fingerprint density at radius 1 is 0.966 bits per heavy atom. The van der Waals surface area contributed by atoms with Gasteiger partial charge in [-0.2, -0.15) is 0 Å². The SMILES string of the molecule is CN=C(NCc1ccc(OC)c(OC)c1)NCC(Cc1ccccc1)N(C)C.I. The third kappa shape index (κ3) is 8.10. The maximum absolute atomic E-state index is 5.37. The molecule has 2 rings (SSSR count). The van der Waals surface area contributed by atoms with Gasteiger partial charge in [-0.3, -0.25) is 4.99 Å². The molecule has 6 nitrogen and oxygen atoms in total. The topological polar surface area (TPSA) is 58.1 Å². The molecule has 7 heteroatoms. The van der Waals surface area contributed by atoms with Gasteiger partial charge in [0.1, 0.15) is 0 Å². The highest BCUT2D eigenvalue weighted by atomic mass is 127. The fraction of sp³-hybridized carbons (Fsp3) is 0.409. The van der Waals surface area contributed by atoms with Gasteiger partial charge in [0.25, 0.3) is 0 Å². The van der Waals surface area contributed by atoms with Crippen molar-refractivity contribution in [2.75, 3.05) is 41.9 Å². The Labute approximate surface area is 191 Å². The maximum atomic E-state index is 5.37. The van der Waals surface area contributed by atoms with Gasteiger partial charge in [0, 0.05) is 26.2 Å². The van der Waals surface area contributed by atoms with Crippen molar-refractivity contribution >= 4 is 29.9 Å². The molecule has 29 heavy (non-hydrogen) atoms. The lowest BCUT2D eigenvalue weighted by Crippen LogP contribution is -2.45. The monoisotopic (exact) mass is 512 g/mol. The van der Waals surface area contributed by atoms with Crippen molar-refractivity contribution in [3.63, 3.8) is 0 Å². The fourth-order valence-electron chi connectivity index (χ4n) is 2.93. The van der Waals surface area contributed by atoms with E-state index in [2.05, 4.69) is 58.9 Å². The Kier molecular flexibility index (Phi) is 11.5. The molecule has 0 saturated heterocycles. The number of ether oxygens (including phenoxy) is 2. The molecule has 2 N–H and O–H groups in total. The predicted octanol–water partition coefficient (Wildman–Crippen LogP) is 3.16. The van der Waals surface area contributed by atoms with Crippen LogP contribution in [0.25, 0.3) is 0 Å². The fourth-order valence-corrected chi connectivity index (χ4v) is 2.93. The van der Waals surface area contributed by atoms with Crippen molar-refractivity contribution in [3.8, 4) is 11.5 Å². The predicted molar refractivity (Wildman–Crippen MR) is 131 cm³/mol. The first-order valence-corrected chi connectivity index (χ1v) is 9.43. The minimum Gasteiger partial charge on any atom is -0.493 e. The molecule has 0 heterocycles. The smallest absolute Gasteiger partial charge is 0.191 e. The Morgan fingerprint density at radius 2 is 1.66 bits per heavy atom. The second kappa shape index (κ2) is 13.3. The van der Waals surface area contributed by atoms with E-state index in [0.717, 1.165) is 36.0 Å². The van der Waals surface area contributed by atoms with Gasteiger partial charge in [-0.1, -0.05) is 36.4 Å². The van der Waals surface area contributed by atoms with Crippen LogP contribution in [0, 0.1) is 0 Å². The molecule has 1 unspecified atom stereocenters. The first kappa shape index (κ1) is 25.0. The van der Waals surface area contributed by atoms with Crippen LogP contribution in [0.4, 0.5) is 0 Å². The van der Waals surface area contributed by atoms with Crippen LogP contribution < -0.4 is 20.1 Å². The van der Waals surface area contributed by atoms with Gasteiger partial charge in [0.05, 0.1) is 14.2 Å². The molecular formula is C22H33IN4O2. The van der Waals surface area contributed by atoms with Gasteiger partial charge in [0.15, 0.2) is 17.5 Å². The summed E-state index contributed by atoms with van der Waals surface area (Å²) >= 11 is 0. The molecular weight excluding hydrogens is 479 g/mol. The van der Waals surface area contributed by atoms with Crippen molar-refractivity contribution in [3.05, 3.63) is 59.7 Å². The number of hydrogen-bond acceptors (Lipinski definition) is 4. The van der Waals surface area contributed by atoms with Crippen molar-refractivity contribution in [2.24, 2.45) is 4.99 Å². The van der Waals surface area contributed by atoms with Gasteiger partial charge in [0.2, 0.25) is 0 Å². The number of benzene rings is 2. The number of nitrogens with one attached hydrogen (secondary N) is 2. The van der Waals surface area contributed by atoms with E-state index in [-0.39, 0.29) is 24.0 Å². The van der Waals surface area contributed by atoms with E-state index in [1.54, 1.807) is 21.3 Å². The van der Waals surface area contributed by atoms with Crippen LogP contribution in [0.3, 0.4) is 0 Å². The molecule has 0 amide bonds. The number of likely N-dealkylation sites (N-methyl/N-ethyl adjacent to an activating group) is 1. The summed E-state index contributed by atoms with van der Waals surface area (Å²) in [6, 6.07) is 16.8. The van der Waals surface area contributed by atoms with Gasteiger partial charge in [-0.15, -0.1) is 24.0 Å². The van der Waals surface area contributed by atoms with Crippen LogP contribution in [0.15, 0.2) is 53.5 Å². The Balaban J connectivity index is 0.00000420. The first-order valence-electron chi connectivity index (χ1n) is 9.43. The Morgan fingerprint density at radius 3 is 2.24 bits per heavy atom. The number of aliphatic imine (C=N–C) groups is 1. The average Bonchev–Trinajstić information content (AvgIpc) is 2.73. The van der Waals surface area contributed by atoms with Gasteiger partial charge < -0.3 is 25.0 Å². The molecule has 0 saturated carbocycles. The maximum Gasteiger partial charge on any atom is 0.191 e. The van der Waals surface area contributed by atoms with E-state index in [9.17, 15) is 0 Å². The van der Waals surface area contributed by atoms with Crippen LogP contribution in [-0.2, 0) is 13.0 Å². The van der Waals surface area contributed by atoms with E-state index < -0.39 is 0 Å². The summed E-state index contributed by atoms with van der Waals surface area (Å²) < 4.78 is 10.7. The number of rotatable bonds is 9. The van der Waals surface area contributed by atoms with Crippen LogP contribution >= 0.6 is 24.0 Å². The molecule has 1 atom stereocenters. The summed E-state index contributed by atoms with van der Waals surface area (Å²) in [5.41, 5.74) is 2.42. The van der Waals surface area contributed by atoms with Crippen molar-refractivity contribution < 1.29 is 9.47 Å². The zero-order valence-corrected chi connectivity index (χ0v) is 20.3. The minimum absolute atomic E-state index is 0. The highest BCUT2D eigenvalue weighted by Crippen LogP contribution is 2.27. The lowest BCUT2D eigenvalue weighted by molar-refractivity contribution is 0.290. The van der Waals surface area contributed by atoms with Crippen LogP contribution in [0.1, 0.15) is 11.1 Å². The molecule has 0 spiro atoms. The van der Waals surface area contributed by atoms with Crippen molar-refractivity contribution in [1.29, 1.82) is 0 Å². The molecule has 0 aromatic heterocycles. The molecule has 0 aliphatic heterocycles. The molecule has 0 fully saturated rings. The van der Waals surface area contributed by atoms with Crippen LogP contribution in [0.2, 0.25) is 0 Å². The second-order valence-corrected chi connectivity index (χ2v) is 6.80. The van der Waals surface area contributed by atoms with Gasteiger partial charge >= 0.3 is 0 Å². The van der Waals surface area contributed by atoms with E-state index >= 15 is 0 Å². The van der Waals surface area contributed by atoms with Crippen LogP contribution in [-0.4, -0.2) is 58.8 Å². The van der Waals surface area contributed by atoms with Crippen LogP contribution in [0.5, 0.6) is 11.5 Å². The Bertz CT molecular complexity index is 754. The third-order valence-electron chi connectivity index (χ3n) is 4.68. The van der Waals surface area contributed by atoms with E-state index in [1.807, 2.05) is 24.3 Å². The lowest BCUT2D eigenvalue weighted by Gasteiger charge is -2.25. The molecule has 2 aromatic rings. The molecule has 2 aromatic carbocycles. The van der Waals surface area contributed by atoms with Crippen molar-refractivity contribution in [1.82, 2.24) is 15.5 Å². The molecule has 0 aliphatic rings. The third-order valence-corrected chi connectivity index (χ3v) is 4.68.